The Bertz CT molecular complexity index is 192. The van der Waals surface area contributed by atoms with Crippen molar-refractivity contribution in [2.45, 2.75) is 6.92 Å². The van der Waals surface area contributed by atoms with Crippen LogP contribution in [0.4, 0.5) is 0 Å². The van der Waals surface area contributed by atoms with Crippen LogP contribution in [0.15, 0.2) is 12.4 Å². The third kappa shape index (κ3) is 0.621. The summed E-state index contributed by atoms with van der Waals surface area (Å²) in [5.74, 6) is 0.667. The normalized spacial score (nSPS) is 9.12. The third-order valence-corrected chi connectivity index (χ3v) is 0.924. The fraction of sp³-hybridized carbons (Fsp3) is 0.200. The number of nitrogens with zero attached hydrogens (tertiary/aromatic N) is 2. The summed E-state index contributed by atoms with van der Waals surface area (Å²) in [6.45, 7) is 1.74. The molecule has 1 heterocycles. The largest absolute Gasteiger partial charge is 0.322 e. The maximum atomic E-state index is 9.89. The monoisotopic (exact) mass is 109 g/mol. The second-order valence-electron chi connectivity index (χ2n) is 1.44. The van der Waals surface area contributed by atoms with E-state index in [1.807, 2.05) is 0 Å². The van der Waals surface area contributed by atoms with Gasteiger partial charge in [0.25, 0.3) is 0 Å². The first-order valence-electron chi connectivity index (χ1n) is 2.22. The van der Waals surface area contributed by atoms with Gasteiger partial charge in [0.1, 0.15) is 5.82 Å². The molecule has 0 atom stereocenters. The van der Waals surface area contributed by atoms with Crippen molar-refractivity contribution >= 4 is 6.41 Å². The Hall–Kier alpha value is -1.12. The topological polar surface area (TPSA) is 34.9 Å². The predicted molar refractivity (Wildman–Crippen MR) is 28.1 cm³/mol. The van der Waals surface area contributed by atoms with Crippen LogP contribution in [0, 0.1) is 6.92 Å². The van der Waals surface area contributed by atoms with Crippen LogP contribution >= 0.6 is 0 Å². The van der Waals surface area contributed by atoms with Gasteiger partial charge in [-0.2, -0.15) is 0 Å². The number of aryl methyl sites for hydroxylation is 1. The minimum Gasteiger partial charge on any atom is -0.266 e. The van der Waals surface area contributed by atoms with Gasteiger partial charge in [0, 0.05) is 12.4 Å². The van der Waals surface area contributed by atoms with Gasteiger partial charge in [-0.1, -0.05) is 0 Å². The molecule has 0 aliphatic carbocycles. The number of rotatable bonds is 1. The van der Waals surface area contributed by atoms with Crippen molar-refractivity contribution in [1.29, 1.82) is 0 Å². The molecule has 0 unspecified atom stereocenters. The SMILES string of the molecule is Cc1nccn1[C]=O. The van der Waals surface area contributed by atoms with Gasteiger partial charge in [-0.05, 0) is 6.92 Å². The number of hydrogen-bond acceptors (Lipinski definition) is 2. The van der Waals surface area contributed by atoms with E-state index in [9.17, 15) is 4.79 Å². The molecule has 3 heteroatoms. The molecular weight excluding hydrogens is 104 g/mol. The van der Waals surface area contributed by atoms with E-state index in [-0.39, 0.29) is 0 Å². The Kier molecular flexibility index (Phi) is 1.12. The van der Waals surface area contributed by atoms with Crippen LogP contribution in [0.25, 0.3) is 0 Å². The van der Waals surface area contributed by atoms with Gasteiger partial charge in [0.15, 0.2) is 0 Å². The van der Waals surface area contributed by atoms with Crippen molar-refractivity contribution in [3.63, 3.8) is 0 Å². The van der Waals surface area contributed by atoms with Crippen molar-refractivity contribution in [1.82, 2.24) is 9.55 Å². The van der Waals surface area contributed by atoms with E-state index in [1.165, 1.54) is 4.57 Å². The second-order valence-corrected chi connectivity index (χ2v) is 1.44. The Morgan fingerprint density at radius 1 is 1.88 bits per heavy atom. The number of aromatic nitrogens is 2. The molecule has 0 saturated carbocycles. The summed E-state index contributed by atoms with van der Waals surface area (Å²) in [4.78, 5) is 13.7. The molecule has 0 bridgehead atoms. The van der Waals surface area contributed by atoms with Crippen molar-refractivity contribution in [3.05, 3.63) is 18.2 Å². The average Bonchev–Trinajstić information content (AvgIpc) is 2.14. The molecule has 0 spiro atoms. The summed E-state index contributed by atoms with van der Waals surface area (Å²) in [6, 6.07) is 0. The average molecular weight is 109 g/mol. The summed E-state index contributed by atoms with van der Waals surface area (Å²) in [5, 5.41) is 0. The molecular formula is C5H5N2O. The molecule has 1 radical (unpaired) electrons. The number of imidazole rings is 1. The van der Waals surface area contributed by atoms with Crippen LogP contribution < -0.4 is 0 Å². The standard InChI is InChI=1S/C5H5N2O/c1-5-6-2-3-7(5)4-8/h2-3H,1H3. The van der Waals surface area contributed by atoms with Crippen LogP contribution in [-0.4, -0.2) is 16.0 Å². The zero-order chi connectivity index (χ0) is 5.98. The lowest BCUT2D eigenvalue weighted by Gasteiger charge is -1.84. The van der Waals surface area contributed by atoms with E-state index in [1.54, 1.807) is 25.7 Å². The van der Waals surface area contributed by atoms with Gasteiger partial charge in [0.2, 0.25) is 0 Å². The second kappa shape index (κ2) is 1.78. The molecule has 41 valence electrons. The summed E-state index contributed by atoms with van der Waals surface area (Å²) in [5.41, 5.74) is 0. The Balaban J connectivity index is 3.09. The van der Waals surface area contributed by atoms with Crippen molar-refractivity contribution in [2.24, 2.45) is 0 Å². The highest BCUT2D eigenvalue weighted by Gasteiger charge is 1.90. The molecule has 1 rings (SSSR count). The zero-order valence-corrected chi connectivity index (χ0v) is 4.46. The van der Waals surface area contributed by atoms with E-state index in [4.69, 9.17) is 0 Å². The van der Waals surface area contributed by atoms with Gasteiger partial charge in [0.05, 0.1) is 0 Å². The maximum absolute atomic E-state index is 9.89. The highest BCUT2D eigenvalue weighted by molar-refractivity contribution is 5.52. The fourth-order valence-corrected chi connectivity index (χ4v) is 0.474. The Morgan fingerprint density at radius 3 is 2.88 bits per heavy atom. The van der Waals surface area contributed by atoms with Gasteiger partial charge in [-0.3, -0.25) is 9.36 Å². The molecule has 0 amide bonds. The molecule has 0 aliphatic heterocycles. The van der Waals surface area contributed by atoms with Crippen molar-refractivity contribution in [3.8, 4) is 0 Å². The highest BCUT2D eigenvalue weighted by atomic mass is 16.1. The minimum atomic E-state index is 0.667. The molecule has 0 aromatic carbocycles. The van der Waals surface area contributed by atoms with Gasteiger partial charge >= 0.3 is 6.41 Å². The van der Waals surface area contributed by atoms with Crippen LogP contribution in [0.1, 0.15) is 5.82 Å². The fourth-order valence-electron chi connectivity index (χ4n) is 0.474. The number of hydrogen-bond donors (Lipinski definition) is 0. The van der Waals surface area contributed by atoms with Crippen molar-refractivity contribution < 1.29 is 4.79 Å². The summed E-state index contributed by atoms with van der Waals surface area (Å²) in [6.07, 6.45) is 4.79. The highest BCUT2D eigenvalue weighted by Crippen LogP contribution is 1.87. The molecule has 0 N–H and O–H groups in total. The molecule has 0 saturated heterocycles. The Morgan fingerprint density at radius 2 is 2.62 bits per heavy atom. The summed E-state index contributed by atoms with van der Waals surface area (Å²) < 4.78 is 1.29. The van der Waals surface area contributed by atoms with Crippen LogP contribution in [0.2, 0.25) is 0 Å². The number of carbonyl (C=O) groups excluding carboxylic acids is 1. The molecule has 3 nitrogen and oxygen atoms in total. The first-order chi connectivity index (χ1) is 3.84. The lowest BCUT2D eigenvalue weighted by molar-refractivity contribution is 0.546. The van der Waals surface area contributed by atoms with Gasteiger partial charge in [-0.15, -0.1) is 0 Å². The molecule has 1 aromatic heterocycles. The van der Waals surface area contributed by atoms with E-state index in [0.717, 1.165) is 0 Å². The van der Waals surface area contributed by atoms with Gasteiger partial charge in [-0.25, -0.2) is 4.98 Å². The molecule has 1 aromatic rings. The van der Waals surface area contributed by atoms with Crippen molar-refractivity contribution in [2.75, 3.05) is 0 Å². The first-order valence-corrected chi connectivity index (χ1v) is 2.22. The van der Waals surface area contributed by atoms with E-state index >= 15 is 0 Å². The van der Waals surface area contributed by atoms with Crippen LogP contribution in [-0.2, 0) is 4.79 Å². The molecule has 8 heavy (non-hydrogen) atoms. The Labute approximate surface area is 47.0 Å². The van der Waals surface area contributed by atoms with Crippen LogP contribution in [0.5, 0.6) is 0 Å². The smallest absolute Gasteiger partial charge is 0.266 e. The molecule has 0 aliphatic rings. The van der Waals surface area contributed by atoms with Crippen LogP contribution in [0.3, 0.4) is 0 Å². The summed E-state index contributed by atoms with van der Waals surface area (Å²) >= 11 is 0. The minimum absolute atomic E-state index is 0.667. The van der Waals surface area contributed by atoms with E-state index in [2.05, 4.69) is 4.98 Å². The summed E-state index contributed by atoms with van der Waals surface area (Å²) in [7, 11) is 0. The van der Waals surface area contributed by atoms with E-state index in [0.29, 0.717) is 5.82 Å². The predicted octanol–water partition coefficient (Wildman–Crippen LogP) is 0.107. The maximum Gasteiger partial charge on any atom is 0.322 e. The third-order valence-electron chi connectivity index (χ3n) is 0.924. The lowest BCUT2D eigenvalue weighted by atomic mass is 10.7. The molecule has 0 fully saturated rings. The lowest BCUT2D eigenvalue weighted by Crippen LogP contribution is -1.94. The quantitative estimate of drug-likeness (QED) is 0.513. The van der Waals surface area contributed by atoms with Gasteiger partial charge < -0.3 is 0 Å². The zero-order valence-electron chi connectivity index (χ0n) is 4.46. The van der Waals surface area contributed by atoms with E-state index < -0.39 is 0 Å². The first kappa shape index (κ1) is 5.03.